The number of benzene rings is 2. The summed E-state index contributed by atoms with van der Waals surface area (Å²) in [6, 6.07) is 21.5. The Labute approximate surface area is 156 Å². The first-order valence-electron chi connectivity index (χ1n) is 8.27. The van der Waals surface area contributed by atoms with Gasteiger partial charge in [0.15, 0.2) is 5.06 Å². The number of urea groups is 1. The Bertz CT molecular complexity index is 886. The van der Waals surface area contributed by atoms with Gasteiger partial charge in [-0.25, -0.2) is 4.79 Å². The predicted molar refractivity (Wildman–Crippen MR) is 107 cm³/mol. The molecular formula is C21H20N2O2S. The second-order valence-corrected chi connectivity index (χ2v) is 6.88. The molecular weight excluding hydrogens is 344 g/mol. The number of carbonyl (C=O) groups excluding carboxylic acids is 1. The quantitative estimate of drug-likeness (QED) is 0.625. The van der Waals surface area contributed by atoms with Gasteiger partial charge in [0.05, 0.1) is 0 Å². The van der Waals surface area contributed by atoms with Gasteiger partial charge in [0, 0.05) is 10.9 Å². The fourth-order valence-corrected chi connectivity index (χ4v) is 3.24. The summed E-state index contributed by atoms with van der Waals surface area (Å²) in [5.74, 6) is 0.797. The van der Waals surface area contributed by atoms with E-state index < -0.39 is 6.03 Å². The Morgan fingerprint density at radius 2 is 1.73 bits per heavy atom. The van der Waals surface area contributed by atoms with E-state index in [1.165, 1.54) is 16.9 Å². The van der Waals surface area contributed by atoms with Crippen molar-refractivity contribution in [3.63, 3.8) is 0 Å². The van der Waals surface area contributed by atoms with Gasteiger partial charge in [-0.15, -0.1) is 0 Å². The zero-order valence-corrected chi connectivity index (χ0v) is 15.2. The van der Waals surface area contributed by atoms with Crippen LogP contribution in [0, 0.1) is 0 Å². The van der Waals surface area contributed by atoms with Crippen LogP contribution in [0.15, 0.2) is 72.8 Å². The molecule has 26 heavy (non-hydrogen) atoms. The van der Waals surface area contributed by atoms with Gasteiger partial charge >= 0.3 is 6.03 Å². The van der Waals surface area contributed by atoms with Crippen LogP contribution in [0.3, 0.4) is 0 Å². The number of amides is 2. The Hall–Kier alpha value is -3.05. The molecule has 2 amide bonds. The van der Waals surface area contributed by atoms with Gasteiger partial charge in [0.2, 0.25) is 0 Å². The smallest absolute Gasteiger partial charge is 0.312 e. The summed E-state index contributed by atoms with van der Waals surface area (Å²) in [4.78, 5) is 11.8. The van der Waals surface area contributed by atoms with Gasteiger partial charge in [0.25, 0.3) is 0 Å². The molecule has 0 fully saturated rings. The number of primary amides is 1. The maximum atomic E-state index is 10.8. The van der Waals surface area contributed by atoms with E-state index in [0.717, 1.165) is 21.3 Å². The molecule has 2 aromatic carbocycles. The summed E-state index contributed by atoms with van der Waals surface area (Å²) >= 11 is 1.54. The van der Waals surface area contributed by atoms with Crippen molar-refractivity contribution >= 4 is 23.4 Å². The highest BCUT2D eigenvalue weighted by molar-refractivity contribution is 7.14. The second-order valence-electron chi connectivity index (χ2n) is 5.81. The number of nitrogens with two attached hydrogens (primary N) is 1. The Morgan fingerprint density at radius 1 is 1.04 bits per heavy atom. The molecule has 1 atom stereocenters. The van der Waals surface area contributed by atoms with Gasteiger partial charge in [0.1, 0.15) is 5.75 Å². The number of hydrogen-bond acceptors (Lipinski definition) is 3. The molecule has 0 saturated carbocycles. The summed E-state index contributed by atoms with van der Waals surface area (Å²) in [5, 5.41) is 3.42. The molecule has 5 heteroatoms. The monoisotopic (exact) mass is 364 g/mol. The van der Waals surface area contributed by atoms with E-state index in [2.05, 4.69) is 29.6 Å². The van der Waals surface area contributed by atoms with Crippen molar-refractivity contribution < 1.29 is 9.53 Å². The largest absolute Gasteiger partial charge is 0.447 e. The molecule has 0 saturated heterocycles. The summed E-state index contributed by atoms with van der Waals surface area (Å²) < 4.78 is 5.92. The second kappa shape index (κ2) is 8.36. The van der Waals surface area contributed by atoms with Crippen LogP contribution >= 0.6 is 11.3 Å². The van der Waals surface area contributed by atoms with Crippen LogP contribution in [0.25, 0.3) is 17.2 Å². The van der Waals surface area contributed by atoms with Crippen LogP contribution in [0.2, 0.25) is 0 Å². The van der Waals surface area contributed by atoms with E-state index in [1.54, 1.807) is 0 Å². The highest BCUT2D eigenvalue weighted by Gasteiger charge is 2.03. The highest BCUT2D eigenvalue weighted by Crippen LogP contribution is 2.31. The molecule has 3 rings (SSSR count). The molecule has 4 nitrogen and oxygen atoms in total. The van der Waals surface area contributed by atoms with Crippen LogP contribution in [-0.2, 0) is 0 Å². The fraction of sp³-hybridized carbons (Fsp3) is 0.0952. The van der Waals surface area contributed by atoms with Crippen molar-refractivity contribution in [2.75, 3.05) is 0 Å². The number of rotatable bonds is 6. The summed E-state index contributed by atoms with van der Waals surface area (Å²) in [6.07, 6.45) is 3.83. The number of carbonyl (C=O) groups is 1. The number of nitrogens with one attached hydrogen (secondary N) is 1. The summed E-state index contributed by atoms with van der Waals surface area (Å²) in [5.41, 5.74) is 7.44. The number of ether oxygens (including phenoxy) is 1. The molecule has 3 aromatic rings. The summed E-state index contributed by atoms with van der Waals surface area (Å²) in [6.45, 7) is 1.86. The first-order chi connectivity index (χ1) is 12.6. The molecule has 132 valence electrons. The van der Waals surface area contributed by atoms with Crippen LogP contribution in [0.1, 0.15) is 11.8 Å². The van der Waals surface area contributed by atoms with E-state index in [0.29, 0.717) is 0 Å². The van der Waals surface area contributed by atoms with Crippen LogP contribution in [-0.4, -0.2) is 12.1 Å². The minimum Gasteiger partial charge on any atom is -0.447 e. The number of thiophene rings is 1. The molecule has 0 spiro atoms. The van der Waals surface area contributed by atoms with E-state index in [-0.39, 0.29) is 6.04 Å². The van der Waals surface area contributed by atoms with Crippen molar-refractivity contribution in [2.45, 2.75) is 13.0 Å². The van der Waals surface area contributed by atoms with Crippen molar-refractivity contribution in [3.05, 3.63) is 77.7 Å². The van der Waals surface area contributed by atoms with Crippen molar-refractivity contribution in [1.29, 1.82) is 0 Å². The molecule has 0 aliphatic carbocycles. The molecule has 0 aliphatic rings. The van der Waals surface area contributed by atoms with Gasteiger partial charge < -0.3 is 15.8 Å². The van der Waals surface area contributed by atoms with Gasteiger partial charge in [-0.05, 0) is 48.4 Å². The Morgan fingerprint density at radius 3 is 2.42 bits per heavy atom. The van der Waals surface area contributed by atoms with E-state index >= 15 is 0 Å². The molecule has 0 aliphatic heterocycles. The van der Waals surface area contributed by atoms with Gasteiger partial charge in [-0.3, -0.25) is 0 Å². The third-order valence-corrected chi connectivity index (χ3v) is 4.63. The van der Waals surface area contributed by atoms with Gasteiger partial charge in [-0.2, -0.15) is 0 Å². The lowest BCUT2D eigenvalue weighted by Crippen LogP contribution is -2.35. The van der Waals surface area contributed by atoms with Crippen LogP contribution in [0.4, 0.5) is 4.79 Å². The lowest BCUT2D eigenvalue weighted by molar-refractivity contribution is 0.247. The molecule has 0 unspecified atom stereocenters. The zero-order chi connectivity index (χ0) is 18.4. The lowest BCUT2D eigenvalue weighted by Gasteiger charge is -2.05. The van der Waals surface area contributed by atoms with E-state index in [4.69, 9.17) is 10.5 Å². The van der Waals surface area contributed by atoms with E-state index in [9.17, 15) is 4.79 Å². The van der Waals surface area contributed by atoms with Crippen molar-refractivity contribution in [2.24, 2.45) is 5.73 Å². The van der Waals surface area contributed by atoms with Crippen LogP contribution < -0.4 is 15.8 Å². The molecule has 0 radical (unpaired) electrons. The standard InChI is InChI=1S/C21H20N2O2S/c1-15(23-21(22)24)7-12-19-13-14-20(26-19)25-18-10-8-17(9-11-18)16-5-3-2-4-6-16/h2-15H,1H3,(H3,22,23,24)/t15-/m1/s1. The van der Waals surface area contributed by atoms with Crippen molar-refractivity contribution in [1.82, 2.24) is 5.32 Å². The van der Waals surface area contributed by atoms with Crippen molar-refractivity contribution in [3.8, 4) is 21.9 Å². The average Bonchev–Trinajstić information content (AvgIpc) is 3.08. The zero-order valence-electron chi connectivity index (χ0n) is 14.4. The maximum absolute atomic E-state index is 10.8. The molecule has 0 bridgehead atoms. The first-order valence-corrected chi connectivity index (χ1v) is 9.09. The Balaban J connectivity index is 1.62. The highest BCUT2D eigenvalue weighted by atomic mass is 32.1. The molecule has 3 N–H and O–H groups in total. The summed E-state index contributed by atoms with van der Waals surface area (Å²) in [7, 11) is 0. The maximum Gasteiger partial charge on any atom is 0.312 e. The first kappa shape index (κ1) is 17.8. The van der Waals surface area contributed by atoms with Crippen LogP contribution in [0.5, 0.6) is 10.8 Å². The SMILES string of the molecule is C[C@H](C=Cc1ccc(Oc2ccc(-c3ccccc3)cc2)s1)NC(N)=O. The fourth-order valence-electron chi connectivity index (χ4n) is 2.45. The number of hydrogen-bond donors (Lipinski definition) is 2. The third-order valence-electron chi connectivity index (χ3n) is 3.70. The normalized spacial score (nSPS) is 12.0. The van der Waals surface area contributed by atoms with Gasteiger partial charge in [-0.1, -0.05) is 59.9 Å². The predicted octanol–water partition coefficient (Wildman–Crippen LogP) is 5.28. The minimum absolute atomic E-state index is 0.121. The van der Waals surface area contributed by atoms with E-state index in [1.807, 2.05) is 61.5 Å². The lowest BCUT2D eigenvalue weighted by atomic mass is 10.1. The minimum atomic E-state index is -0.531. The third kappa shape index (κ3) is 4.97. The topological polar surface area (TPSA) is 64.3 Å². The molecule has 1 heterocycles. The molecule has 1 aromatic heterocycles. The Kier molecular flexibility index (Phi) is 5.71. The average molecular weight is 364 g/mol.